The first kappa shape index (κ1) is 9.60. The van der Waals surface area contributed by atoms with Crippen molar-refractivity contribution in [2.45, 2.75) is 0 Å². The molecule has 0 fully saturated rings. The van der Waals surface area contributed by atoms with Gasteiger partial charge in [0.05, 0.1) is 0 Å². The second kappa shape index (κ2) is 9.02. The summed E-state index contributed by atoms with van der Waals surface area (Å²) < 4.78 is 17.1. The molecule has 0 aliphatic carbocycles. The van der Waals surface area contributed by atoms with E-state index in [4.69, 9.17) is 6.80 Å². The molecule has 0 spiro atoms. The third-order valence-corrected chi connectivity index (χ3v) is 0. The van der Waals surface area contributed by atoms with Gasteiger partial charge in [0.15, 0.2) is 0 Å². The van der Waals surface area contributed by atoms with Crippen molar-refractivity contribution in [3.8, 4) is 0 Å². The Morgan fingerprint density at radius 2 is 1.25 bits per heavy atom. The summed E-state index contributed by atoms with van der Waals surface area (Å²) in [6.45, 7) is 0. The summed E-state index contributed by atoms with van der Waals surface area (Å²) in [5.41, 5.74) is 0. The molecule has 0 heterocycles. The molecule has 0 amide bonds. The van der Waals surface area contributed by atoms with Crippen LogP contribution in [0.3, 0.4) is 0 Å². The van der Waals surface area contributed by atoms with Gasteiger partial charge in [-0.15, -0.1) is 0 Å². The molecule has 0 aromatic carbocycles. The summed E-state index contributed by atoms with van der Waals surface area (Å²) in [5, 5.41) is 0. The Hall–Kier alpha value is 2.34. The van der Waals surface area contributed by atoms with Gasteiger partial charge >= 0.3 is 94.2 Å². The molecule has 0 aliphatic rings. The molecule has 0 aliphatic heterocycles. The Kier molecular flexibility index (Phi) is 21.6. The zero-order valence-electron chi connectivity index (χ0n) is 1.22. The Labute approximate surface area is 91.3 Å². The van der Waals surface area contributed by atoms with Gasteiger partial charge in [-0.05, 0) is 0 Å². The van der Waals surface area contributed by atoms with E-state index in [-0.39, 0.29) is 68.9 Å². The predicted octanol–water partition coefficient (Wildman–Crippen LogP) is -0.889. The van der Waals surface area contributed by atoms with Crippen molar-refractivity contribution >= 4 is 68.9 Å². The first-order valence-electron chi connectivity index (χ1n) is 0.333. The summed E-state index contributed by atoms with van der Waals surface area (Å²) >= 11 is -2.25. The molecule has 0 atom stereocenters. The summed E-state index contributed by atoms with van der Waals surface area (Å²) in [6.07, 6.45) is 0. The van der Waals surface area contributed by atoms with Crippen LogP contribution in [-0.2, 0) is 25.3 Å². The molecule has 2 nitrogen and oxygen atoms in total. The van der Waals surface area contributed by atoms with E-state index in [2.05, 4.69) is 0 Å². The Morgan fingerprint density at radius 3 is 1.25 bits per heavy atom. The van der Waals surface area contributed by atoms with E-state index in [1.165, 1.54) is 0 Å². The normalized spacial score (nSPS) is 3.00. The standard InChI is InChI=1S/Cs.2O.W.H. The quantitative estimate of drug-likeness (QED) is 0.569. The first-order valence-corrected chi connectivity index (χ1v) is 2.73. The van der Waals surface area contributed by atoms with Crippen LogP contribution in [0.4, 0.5) is 0 Å². The van der Waals surface area contributed by atoms with E-state index >= 15 is 0 Å². The molecule has 0 saturated heterocycles. The molecule has 0 aromatic rings. The third-order valence-electron chi connectivity index (χ3n) is 0. The van der Waals surface area contributed by atoms with Crippen molar-refractivity contribution in [3.05, 3.63) is 0 Å². The van der Waals surface area contributed by atoms with Crippen molar-refractivity contribution in [1.29, 1.82) is 0 Å². The van der Waals surface area contributed by atoms with Crippen LogP contribution in [-0.4, -0.2) is 68.9 Å². The van der Waals surface area contributed by atoms with Crippen molar-refractivity contribution in [3.63, 3.8) is 0 Å². The second-order valence-corrected chi connectivity index (χ2v) is 0.557. The minimum absolute atomic E-state index is 0. The van der Waals surface area contributed by atoms with Crippen LogP contribution in [0.15, 0.2) is 0 Å². The average Bonchev–Trinajstić information content (AvgIpc) is 0.918. The van der Waals surface area contributed by atoms with Gasteiger partial charge < -0.3 is 0 Å². The molecule has 0 rings (SSSR count). The fourth-order valence-corrected chi connectivity index (χ4v) is 0. The van der Waals surface area contributed by atoms with Gasteiger partial charge in [0.25, 0.3) is 0 Å². The summed E-state index contributed by atoms with van der Waals surface area (Å²) in [5.74, 6) is 0. The second-order valence-electron chi connectivity index (χ2n) is 0.0680. The van der Waals surface area contributed by atoms with Gasteiger partial charge in [-0.1, -0.05) is 0 Å². The molecular formula is HCsO2W. The van der Waals surface area contributed by atoms with Crippen LogP contribution < -0.4 is 0 Å². The van der Waals surface area contributed by atoms with Crippen LogP contribution in [0.2, 0.25) is 0 Å². The van der Waals surface area contributed by atoms with Crippen LogP contribution in [0.25, 0.3) is 0 Å². The molecule has 4 heteroatoms. The predicted molar refractivity (Wildman–Crippen MR) is 8.52 cm³/mol. The molecular weight excluding hydrogens is 349 g/mol. The van der Waals surface area contributed by atoms with Gasteiger partial charge in [0, 0.05) is 0 Å². The van der Waals surface area contributed by atoms with Crippen molar-refractivity contribution in [2.75, 3.05) is 0 Å². The van der Waals surface area contributed by atoms with Crippen molar-refractivity contribution in [1.82, 2.24) is 0 Å². The van der Waals surface area contributed by atoms with Crippen LogP contribution >= 0.6 is 0 Å². The van der Waals surface area contributed by atoms with E-state index in [1.54, 1.807) is 0 Å². The molecule has 0 saturated carbocycles. The molecule has 0 unspecified atom stereocenters. The maximum absolute atomic E-state index is 8.54. The van der Waals surface area contributed by atoms with E-state index in [0.29, 0.717) is 0 Å². The summed E-state index contributed by atoms with van der Waals surface area (Å²) in [7, 11) is 0. The topological polar surface area (TPSA) is 34.1 Å². The van der Waals surface area contributed by atoms with Gasteiger partial charge in [-0.2, -0.15) is 0 Å². The summed E-state index contributed by atoms with van der Waals surface area (Å²) in [4.78, 5) is 0. The Morgan fingerprint density at radius 1 is 1.25 bits per heavy atom. The molecule has 0 bridgehead atoms. The first-order chi connectivity index (χ1) is 1.41. The number of hydrogen-bond donors (Lipinski definition) is 0. The van der Waals surface area contributed by atoms with Crippen LogP contribution in [0.5, 0.6) is 0 Å². The zero-order chi connectivity index (χ0) is 2.71. The Bertz CT molecular complexity index is 27.0. The summed E-state index contributed by atoms with van der Waals surface area (Å²) in [6, 6.07) is 0. The SMILES string of the molecule is [CsH].[O]=[W]=[O]. The molecule has 0 radical (unpaired) electrons. The maximum atomic E-state index is 8.54. The monoisotopic (exact) mass is 350 g/mol. The minimum atomic E-state index is -2.25. The van der Waals surface area contributed by atoms with Gasteiger partial charge in [-0.3, -0.25) is 0 Å². The fraction of sp³-hybridized carbons (Fsp3) is 0. The molecule has 0 aromatic heterocycles. The third kappa shape index (κ3) is 8.84. The van der Waals surface area contributed by atoms with Gasteiger partial charge in [0.2, 0.25) is 0 Å². The fourth-order valence-electron chi connectivity index (χ4n) is 0. The Balaban J connectivity index is 0. The van der Waals surface area contributed by atoms with Crippen molar-refractivity contribution < 1.29 is 25.3 Å². The van der Waals surface area contributed by atoms with Crippen molar-refractivity contribution in [2.24, 2.45) is 0 Å². The van der Waals surface area contributed by atoms with Gasteiger partial charge in [-0.25, -0.2) is 0 Å². The van der Waals surface area contributed by atoms with Crippen LogP contribution in [0.1, 0.15) is 0 Å². The van der Waals surface area contributed by atoms with E-state index < -0.39 is 18.5 Å². The number of hydrogen-bond acceptors (Lipinski definition) is 2. The van der Waals surface area contributed by atoms with E-state index in [1.807, 2.05) is 0 Å². The molecule has 20 valence electrons. The number of rotatable bonds is 0. The zero-order valence-corrected chi connectivity index (χ0v) is 4.16. The average molecular weight is 350 g/mol. The van der Waals surface area contributed by atoms with E-state index in [0.717, 1.165) is 0 Å². The molecule has 4 heavy (non-hydrogen) atoms. The van der Waals surface area contributed by atoms with E-state index in [9.17, 15) is 0 Å². The molecule has 0 N–H and O–H groups in total. The van der Waals surface area contributed by atoms with Gasteiger partial charge in [0.1, 0.15) is 0 Å². The van der Waals surface area contributed by atoms with Crippen LogP contribution in [0, 0.1) is 0 Å².